The number of hydrogen-bond acceptors (Lipinski definition) is 5. The Morgan fingerprint density at radius 1 is 1.00 bits per heavy atom. The summed E-state index contributed by atoms with van der Waals surface area (Å²) < 4.78 is 15.7. The predicted octanol–water partition coefficient (Wildman–Crippen LogP) is 4.04. The molecule has 2 aromatic carbocycles. The predicted molar refractivity (Wildman–Crippen MR) is 92.4 cm³/mol. The summed E-state index contributed by atoms with van der Waals surface area (Å²) in [6.07, 6.45) is 5.09. The maximum absolute atomic E-state index is 12.0. The van der Waals surface area contributed by atoms with E-state index >= 15 is 0 Å². The van der Waals surface area contributed by atoms with E-state index in [0.29, 0.717) is 11.5 Å². The molecule has 0 unspecified atom stereocenters. The summed E-state index contributed by atoms with van der Waals surface area (Å²) in [6.45, 7) is 0. The van der Waals surface area contributed by atoms with Crippen molar-refractivity contribution in [2.24, 2.45) is 0 Å². The number of carbonyl (C=O) groups is 1. The second-order valence-corrected chi connectivity index (χ2v) is 5.40. The minimum absolute atomic E-state index is 0.268. The van der Waals surface area contributed by atoms with Crippen molar-refractivity contribution in [1.29, 1.82) is 0 Å². The third-order valence-electron chi connectivity index (χ3n) is 3.11. The number of thioether (sulfide) groups is 1. The van der Waals surface area contributed by atoms with Crippen LogP contribution in [0, 0.1) is 0 Å². The average Bonchev–Trinajstić information content (AvgIpc) is 2.60. The van der Waals surface area contributed by atoms with Crippen molar-refractivity contribution in [2.45, 2.75) is 4.90 Å². The molecule has 120 valence electrons. The SMILES string of the molecule is COc1cccc(OC)c1OC(=O)/C=C/c1ccc(SC)cc1. The van der Waals surface area contributed by atoms with Crippen molar-refractivity contribution >= 4 is 23.8 Å². The van der Waals surface area contributed by atoms with Crippen molar-refractivity contribution in [2.75, 3.05) is 20.5 Å². The van der Waals surface area contributed by atoms with E-state index in [0.717, 1.165) is 5.56 Å². The molecule has 0 spiro atoms. The molecule has 0 bridgehead atoms. The van der Waals surface area contributed by atoms with Crippen LogP contribution in [0.15, 0.2) is 53.4 Å². The van der Waals surface area contributed by atoms with Crippen LogP contribution in [0.3, 0.4) is 0 Å². The minimum Gasteiger partial charge on any atom is -0.493 e. The zero-order valence-electron chi connectivity index (χ0n) is 13.2. The molecule has 0 aliphatic rings. The average molecular weight is 330 g/mol. The first kappa shape index (κ1) is 17.0. The molecule has 0 heterocycles. The molecular formula is C18H18O4S. The number of carbonyl (C=O) groups excluding carboxylic acids is 1. The number of ether oxygens (including phenoxy) is 3. The maximum Gasteiger partial charge on any atom is 0.336 e. The van der Waals surface area contributed by atoms with E-state index in [2.05, 4.69) is 0 Å². The fourth-order valence-corrected chi connectivity index (χ4v) is 2.34. The van der Waals surface area contributed by atoms with Crippen molar-refractivity contribution in [3.05, 3.63) is 54.1 Å². The molecule has 0 amide bonds. The Hall–Kier alpha value is -2.40. The number of benzene rings is 2. The standard InChI is InChI=1S/C18H18O4S/c1-20-15-5-4-6-16(21-2)18(15)22-17(19)12-9-13-7-10-14(23-3)11-8-13/h4-12H,1-3H3/b12-9+. The van der Waals surface area contributed by atoms with Crippen LogP contribution in [-0.4, -0.2) is 26.4 Å². The summed E-state index contributed by atoms with van der Waals surface area (Å²) in [5, 5.41) is 0. The molecule has 0 saturated carbocycles. The summed E-state index contributed by atoms with van der Waals surface area (Å²) in [4.78, 5) is 13.2. The van der Waals surface area contributed by atoms with Crippen molar-refractivity contribution in [3.8, 4) is 17.2 Å². The van der Waals surface area contributed by atoms with Crippen LogP contribution in [0.4, 0.5) is 0 Å². The molecule has 0 N–H and O–H groups in total. The minimum atomic E-state index is -0.498. The number of rotatable bonds is 6. The summed E-state index contributed by atoms with van der Waals surface area (Å²) >= 11 is 1.67. The lowest BCUT2D eigenvalue weighted by Gasteiger charge is -2.11. The lowest BCUT2D eigenvalue weighted by molar-refractivity contribution is -0.129. The molecular weight excluding hydrogens is 312 g/mol. The van der Waals surface area contributed by atoms with Gasteiger partial charge in [-0.05, 0) is 42.2 Å². The van der Waals surface area contributed by atoms with Gasteiger partial charge in [-0.3, -0.25) is 0 Å². The van der Waals surface area contributed by atoms with Crippen LogP contribution in [0.1, 0.15) is 5.56 Å². The lowest BCUT2D eigenvalue weighted by atomic mass is 10.2. The highest BCUT2D eigenvalue weighted by Gasteiger charge is 2.13. The topological polar surface area (TPSA) is 44.8 Å². The van der Waals surface area contributed by atoms with Gasteiger partial charge >= 0.3 is 5.97 Å². The highest BCUT2D eigenvalue weighted by Crippen LogP contribution is 2.36. The van der Waals surface area contributed by atoms with Gasteiger partial charge in [-0.25, -0.2) is 4.79 Å². The van der Waals surface area contributed by atoms with Gasteiger partial charge in [0.1, 0.15) is 0 Å². The molecule has 0 atom stereocenters. The summed E-state index contributed by atoms with van der Waals surface area (Å²) in [5.74, 6) is 0.650. The van der Waals surface area contributed by atoms with Crippen molar-refractivity contribution in [1.82, 2.24) is 0 Å². The van der Waals surface area contributed by atoms with E-state index < -0.39 is 5.97 Å². The van der Waals surface area contributed by atoms with E-state index in [-0.39, 0.29) is 5.75 Å². The lowest BCUT2D eigenvalue weighted by Crippen LogP contribution is -2.06. The molecule has 4 nitrogen and oxygen atoms in total. The number of hydrogen-bond donors (Lipinski definition) is 0. The summed E-state index contributed by atoms with van der Waals surface area (Å²) in [7, 11) is 3.02. The third kappa shape index (κ3) is 4.53. The van der Waals surface area contributed by atoms with E-state index in [9.17, 15) is 4.79 Å². The van der Waals surface area contributed by atoms with Gasteiger partial charge in [0.2, 0.25) is 5.75 Å². The first-order valence-electron chi connectivity index (χ1n) is 6.93. The van der Waals surface area contributed by atoms with E-state index in [1.165, 1.54) is 25.2 Å². The second-order valence-electron chi connectivity index (χ2n) is 4.52. The van der Waals surface area contributed by atoms with Gasteiger partial charge < -0.3 is 14.2 Å². The Labute approximate surface area is 140 Å². The smallest absolute Gasteiger partial charge is 0.336 e. The van der Waals surface area contributed by atoms with Gasteiger partial charge in [0.25, 0.3) is 0 Å². The molecule has 2 aromatic rings. The van der Waals surface area contributed by atoms with Gasteiger partial charge in [-0.2, -0.15) is 0 Å². The molecule has 0 fully saturated rings. The van der Waals surface area contributed by atoms with Crippen LogP contribution in [0.5, 0.6) is 17.2 Å². The Morgan fingerprint density at radius 3 is 2.13 bits per heavy atom. The zero-order valence-corrected chi connectivity index (χ0v) is 14.1. The Kier molecular flexibility index (Phi) is 6.11. The maximum atomic E-state index is 12.0. The van der Waals surface area contributed by atoms with Crippen molar-refractivity contribution < 1.29 is 19.0 Å². The van der Waals surface area contributed by atoms with Gasteiger partial charge in [0.15, 0.2) is 11.5 Å². The van der Waals surface area contributed by atoms with Gasteiger partial charge in [0, 0.05) is 11.0 Å². The monoisotopic (exact) mass is 330 g/mol. The highest BCUT2D eigenvalue weighted by molar-refractivity contribution is 7.98. The molecule has 23 heavy (non-hydrogen) atoms. The van der Waals surface area contributed by atoms with Gasteiger partial charge in [-0.1, -0.05) is 18.2 Å². The van der Waals surface area contributed by atoms with E-state index in [4.69, 9.17) is 14.2 Å². The first-order chi connectivity index (χ1) is 11.2. The van der Waals surface area contributed by atoms with Crippen LogP contribution in [0.2, 0.25) is 0 Å². The van der Waals surface area contributed by atoms with Crippen molar-refractivity contribution in [3.63, 3.8) is 0 Å². The Morgan fingerprint density at radius 2 is 1.61 bits per heavy atom. The van der Waals surface area contributed by atoms with Crippen LogP contribution >= 0.6 is 11.8 Å². The molecule has 0 aromatic heterocycles. The quantitative estimate of drug-likeness (QED) is 0.346. The Bertz CT molecular complexity index is 670. The van der Waals surface area contributed by atoms with Gasteiger partial charge in [-0.15, -0.1) is 11.8 Å². The van der Waals surface area contributed by atoms with Crippen LogP contribution < -0.4 is 14.2 Å². The van der Waals surface area contributed by atoms with E-state index in [1.54, 1.807) is 36.0 Å². The van der Waals surface area contributed by atoms with Crippen LogP contribution in [0.25, 0.3) is 6.08 Å². The third-order valence-corrected chi connectivity index (χ3v) is 3.86. The number of esters is 1. The van der Waals surface area contributed by atoms with E-state index in [1.807, 2.05) is 30.5 Å². The molecule has 0 saturated heterocycles. The first-order valence-corrected chi connectivity index (χ1v) is 8.15. The fraction of sp³-hybridized carbons (Fsp3) is 0.167. The molecule has 2 rings (SSSR count). The second kappa shape index (κ2) is 8.29. The number of methoxy groups -OCH3 is 2. The molecule has 0 radical (unpaired) electrons. The normalized spacial score (nSPS) is 10.6. The Balaban J connectivity index is 2.11. The zero-order chi connectivity index (χ0) is 16.7. The molecule has 0 aliphatic heterocycles. The van der Waals surface area contributed by atoms with Gasteiger partial charge in [0.05, 0.1) is 14.2 Å². The highest BCUT2D eigenvalue weighted by atomic mass is 32.2. The fourth-order valence-electron chi connectivity index (χ4n) is 1.93. The molecule has 5 heteroatoms. The number of para-hydroxylation sites is 1. The largest absolute Gasteiger partial charge is 0.493 e. The summed E-state index contributed by atoms with van der Waals surface area (Å²) in [6, 6.07) is 13.1. The van der Waals surface area contributed by atoms with Crippen LogP contribution in [-0.2, 0) is 4.79 Å². The molecule has 0 aliphatic carbocycles. The summed E-state index contributed by atoms with van der Waals surface area (Å²) in [5.41, 5.74) is 0.923.